The minimum atomic E-state index is -0.244. The van der Waals surface area contributed by atoms with Crippen molar-refractivity contribution in [3.05, 3.63) is 50.8 Å². The monoisotopic (exact) mass is 477 g/mol. The van der Waals surface area contributed by atoms with E-state index in [1.54, 1.807) is 38.5 Å². The van der Waals surface area contributed by atoms with Gasteiger partial charge in [-0.05, 0) is 48.9 Å². The van der Waals surface area contributed by atoms with E-state index in [4.69, 9.17) is 32.7 Å². The standard InChI is InChI=1S/C22H21Cl2N3O3S/c1-29-17-12-16(27-8-3-4-9-27)18(30-2)10-13(17)11-19-21(28)26-22(31-19)25-15-7-5-6-14(23)20(15)24/h5-7,10-12H,3-4,8-9H2,1-2H3,(H,25,26,28)/b19-11-. The highest BCUT2D eigenvalue weighted by molar-refractivity contribution is 8.18. The fourth-order valence-electron chi connectivity index (χ4n) is 3.53. The van der Waals surface area contributed by atoms with Gasteiger partial charge in [-0.15, -0.1) is 0 Å². The second-order valence-corrected chi connectivity index (χ2v) is 8.83. The van der Waals surface area contributed by atoms with Crippen molar-refractivity contribution in [2.75, 3.05) is 32.2 Å². The number of amides is 1. The van der Waals surface area contributed by atoms with Gasteiger partial charge in [0.1, 0.15) is 11.5 Å². The van der Waals surface area contributed by atoms with Crippen molar-refractivity contribution in [3.63, 3.8) is 0 Å². The van der Waals surface area contributed by atoms with E-state index in [9.17, 15) is 4.79 Å². The molecule has 31 heavy (non-hydrogen) atoms. The lowest BCUT2D eigenvalue weighted by Crippen LogP contribution is -2.19. The number of hydrogen-bond donors (Lipinski definition) is 1. The Morgan fingerprint density at radius 3 is 2.58 bits per heavy atom. The molecule has 2 heterocycles. The number of thioether (sulfide) groups is 1. The molecule has 2 fully saturated rings. The molecule has 0 radical (unpaired) electrons. The zero-order valence-corrected chi connectivity index (χ0v) is 19.4. The molecule has 2 aromatic carbocycles. The molecule has 0 unspecified atom stereocenters. The number of carbonyl (C=O) groups excluding carboxylic acids is 1. The maximum atomic E-state index is 12.5. The number of aliphatic imine (C=N–C) groups is 1. The first-order valence-electron chi connectivity index (χ1n) is 9.74. The maximum Gasteiger partial charge on any atom is 0.264 e. The Hall–Kier alpha value is -2.35. The fraction of sp³-hybridized carbons (Fsp3) is 0.273. The van der Waals surface area contributed by atoms with Crippen LogP contribution in [-0.4, -0.2) is 38.4 Å². The number of ether oxygens (including phenoxy) is 2. The third-order valence-electron chi connectivity index (χ3n) is 5.07. The fourth-order valence-corrected chi connectivity index (χ4v) is 4.70. The molecule has 1 N–H and O–H groups in total. The number of carbonyl (C=O) groups is 1. The number of benzene rings is 2. The Morgan fingerprint density at radius 1 is 1.13 bits per heavy atom. The molecule has 0 saturated carbocycles. The van der Waals surface area contributed by atoms with Crippen LogP contribution in [0.4, 0.5) is 11.4 Å². The summed E-state index contributed by atoms with van der Waals surface area (Å²) in [5.41, 5.74) is 2.25. The van der Waals surface area contributed by atoms with E-state index < -0.39 is 0 Å². The van der Waals surface area contributed by atoms with Crippen LogP contribution < -0.4 is 19.7 Å². The van der Waals surface area contributed by atoms with Gasteiger partial charge in [0.05, 0.1) is 40.5 Å². The van der Waals surface area contributed by atoms with Gasteiger partial charge < -0.3 is 19.7 Å². The molecular weight excluding hydrogens is 457 g/mol. The number of nitrogens with one attached hydrogen (secondary N) is 1. The lowest BCUT2D eigenvalue weighted by atomic mass is 10.1. The summed E-state index contributed by atoms with van der Waals surface area (Å²) in [6.45, 7) is 1.98. The Labute approximate surface area is 195 Å². The number of anilines is 1. The molecule has 0 aromatic heterocycles. The van der Waals surface area contributed by atoms with Crippen LogP contribution in [0, 0.1) is 0 Å². The van der Waals surface area contributed by atoms with Crippen LogP contribution in [0.25, 0.3) is 6.08 Å². The Bertz CT molecular complexity index is 1080. The van der Waals surface area contributed by atoms with Gasteiger partial charge in [0.15, 0.2) is 5.17 Å². The minimum Gasteiger partial charge on any atom is -0.496 e. The zero-order valence-electron chi connectivity index (χ0n) is 17.1. The summed E-state index contributed by atoms with van der Waals surface area (Å²) in [4.78, 5) is 19.8. The minimum absolute atomic E-state index is 0.244. The molecule has 162 valence electrons. The van der Waals surface area contributed by atoms with Crippen LogP contribution in [0.5, 0.6) is 11.5 Å². The number of rotatable bonds is 5. The quantitative estimate of drug-likeness (QED) is 0.575. The second kappa shape index (κ2) is 9.42. The molecule has 6 nitrogen and oxygen atoms in total. The van der Waals surface area contributed by atoms with E-state index in [1.807, 2.05) is 12.1 Å². The number of halogens is 2. The predicted molar refractivity (Wildman–Crippen MR) is 128 cm³/mol. The summed E-state index contributed by atoms with van der Waals surface area (Å²) >= 11 is 13.5. The number of amidine groups is 1. The van der Waals surface area contributed by atoms with Crippen molar-refractivity contribution < 1.29 is 14.3 Å². The van der Waals surface area contributed by atoms with E-state index in [2.05, 4.69) is 15.2 Å². The van der Waals surface area contributed by atoms with Crippen LogP contribution in [0.3, 0.4) is 0 Å². The highest BCUT2D eigenvalue weighted by Crippen LogP contribution is 2.40. The molecule has 1 amide bonds. The number of nitrogens with zero attached hydrogens (tertiary/aromatic N) is 2. The van der Waals surface area contributed by atoms with Crippen LogP contribution >= 0.6 is 35.0 Å². The summed E-state index contributed by atoms with van der Waals surface area (Å²) in [7, 11) is 3.27. The molecule has 2 saturated heterocycles. The first-order valence-corrected chi connectivity index (χ1v) is 11.3. The lowest BCUT2D eigenvalue weighted by molar-refractivity contribution is -0.115. The summed E-state index contributed by atoms with van der Waals surface area (Å²) in [6, 6.07) is 9.04. The van der Waals surface area contributed by atoms with Crippen molar-refractivity contribution in [2.24, 2.45) is 4.99 Å². The topological polar surface area (TPSA) is 63.2 Å². The van der Waals surface area contributed by atoms with Gasteiger partial charge in [0, 0.05) is 24.7 Å². The second-order valence-electron chi connectivity index (χ2n) is 7.01. The molecule has 2 aromatic rings. The third-order valence-corrected chi connectivity index (χ3v) is 6.79. The molecule has 0 aliphatic carbocycles. The van der Waals surface area contributed by atoms with Gasteiger partial charge in [0.25, 0.3) is 5.91 Å². The van der Waals surface area contributed by atoms with Gasteiger partial charge in [-0.25, -0.2) is 4.99 Å². The molecule has 4 rings (SSSR count). The Morgan fingerprint density at radius 2 is 1.87 bits per heavy atom. The first-order chi connectivity index (χ1) is 15.0. The summed E-state index contributed by atoms with van der Waals surface area (Å²) in [5.74, 6) is 1.18. The molecule has 0 bridgehead atoms. The summed E-state index contributed by atoms with van der Waals surface area (Å²) < 4.78 is 11.2. The van der Waals surface area contributed by atoms with Crippen molar-refractivity contribution in [2.45, 2.75) is 12.8 Å². The molecule has 0 atom stereocenters. The Balaban J connectivity index is 1.65. The average Bonchev–Trinajstić information content (AvgIpc) is 3.41. The lowest BCUT2D eigenvalue weighted by Gasteiger charge is -2.22. The maximum absolute atomic E-state index is 12.5. The van der Waals surface area contributed by atoms with Crippen molar-refractivity contribution >= 4 is 63.5 Å². The third kappa shape index (κ3) is 4.63. The molecule has 2 aliphatic rings. The molecule has 9 heteroatoms. The molecule has 0 spiro atoms. The van der Waals surface area contributed by atoms with Gasteiger partial charge >= 0.3 is 0 Å². The van der Waals surface area contributed by atoms with Crippen LogP contribution in [0.1, 0.15) is 18.4 Å². The van der Waals surface area contributed by atoms with Gasteiger partial charge in [-0.2, -0.15) is 0 Å². The van der Waals surface area contributed by atoms with Gasteiger partial charge in [-0.3, -0.25) is 4.79 Å². The van der Waals surface area contributed by atoms with Crippen molar-refractivity contribution in [1.82, 2.24) is 5.32 Å². The largest absolute Gasteiger partial charge is 0.496 e. The van der Waals surface area contributed by atoms with Crippen molar-refractivity contribution in [1.29, 1.82) is 0 Å². The Kier molecular flexibility index (Phi) is 6.65. The number of hydrogen-bond acceptors (Lipinski definition) is 6. The van der Waals surface area contributed by atoms with E-state index in [0.717, 1.165) is 42.9 Å². The smallest absolute Gasteiger partial charge is 0.264 e. The molecule has 2 aliphatic heterocycles. The zero-order chi connectivity index (χ0) is 22.0. The highest BCUT2D eigenvalue weighted by Gasteiger charge is 2.26. The van der Waals surface area contributed by atoms with Crippen LogP contribution in [0.2, 0.25) is 10.0 Å². The van der Waals surface area contributed by atoms with Crippen molar-refractivity contribution in [3.8, 4) is 11.5 Å². The van der Waals surface area contributed by atoms with Crippen LogP contribution in [-0.2, 0) is 4.79 Å². The molecular formula is C22H21Cl2N3O3S. The van der Waals surface area contributed by atoms with E-state index in [-0.39, 0.29) is 5.91 Å². The first kappa shape index (κ1) is 21.9. The van der Waals surface area contributed by atoms with E-state index in [1.165, 1.54) is 11.8 Å². The average molecular weight is 478 g/mol. The number of methoxy groups -OCH3 is 2. The predicted octanol–water partition coefficient (Wildman–Crippen LogP) is 5.50. The van der Waals surface area contributed by atoms with E-state index >= 15 is 0 Å². The van der Waals surface area contributed by atoms with E-state index in [0.29, 0.717) is 31.6 Å². The SMILES string of the molecule is COc1cc(N2CCCC2)c(OC)cc1/C=C1\SC(=Nc2cccc(Cl)c2Cl)NC1=O. The van der Waals surface area contributed by atoms with Crippen LogP contribution in [0.15, 0.2) is 40.2 Å². The normalized spacial score (nSPS) is 18.7. The van der Waals surface area contributed by atoms with Gasteiger partial charge in [-0.1, -0.05) is 29.3 Å². The van der Waals surface area contributed by atoms with Gasteiger partial charge in [0.2, 0.25) is 0 Å². The summed E-state index contributed by atoms with van der Waals surface area (Å²) in [6.07, 6.45) is 4.09. The highest BCUT2D eigenvalue weighted by atomic mass is 35.5. The summed E-state index contributed by atoms with van der Waals surface area (Å²) in [5, 5.41) is 3.94.